The molecule has 0 aromatic rings. The van der Waals surface area contributed by atoms with E-state index in [0.29, 0.717) is 6.61 Å². The van der Waals surface area contributed by atoms with Gasteiger partial charge in [0.15, 0.2) is 0 Å². The van der Waals surface area contributed by atoms with E-state index in [1.54, 1.807) is 0 Å². The van der Waals surface area contributed by atoms with E-state index < -0.39 is 0 Å². The van der Waals surface area contributed by atoms with Gasteiger partial charge in [0.25, 0.3) is 0 Å². The van der Waals surface area contributed by atoms with Crippen molar-refractivity contribution < 1.29 is 9.53 Å². The van der Waals surface area contributed by atoms with Crippen LogP contribution >= 0.6 is 12.6 Å². The first-order valence-corrected chi connectivity index (χ1v) is 4.21. The van der Waals surface area contributed by atoms with Crippen LogP contribution in [0.2, 0.25) is 0 Å². The standard InChI is InChI=1S/C7H14O2S/c1-2-3-4-5-9-7(8)6-10/h10H,2-6H2,1H3. The second kappa shape index (κ2) is 6.93. The van der Waals surface area contributed by atoms with Crippen molar-refractivity contribution >= 4 is 18.6 Å². The number of unbranched alkanes of at least 4 members (excludes halogenated alkanes) is 2. The van der Waals surface area contributed by atoms with Crippen LogP contribution in [0.5, 0.6) is 0 Å². The van der Waals surface area contributed by atoms with Crippen molar-refractivity contribution in [2.75, 3.05) is 12.4 Å². The SMILES string of the molecule is CCCCCOC(=O)CS. The Hall–Kier alpha value is -0.180. The second-order valence-corrected chi connectivity index (χ2v) is 2.40. The maximum absolute atomic E-state index is 10.5. The Bertz CT molecular complexity index is 93.6. The molecule has 0 amide bonds. The first-order chi connectivity index (χ1) is 4.81. The molecule has 0 aromatic heterocycles. The van der Waals surface area contributed by atoms with Gasteiger partial charge in [0.1, 0.15) is 0 Å². The average molecular weight is 162 g/mol. The molecule has 0 spiro atoms. The molecule has 0 heterocycles. The van der Waals surface area contributed by atoms with Gasteiger partial charge in [-0.2, -0.15) is 12.6 Å². The molecule has 0 unspecified atom stereocenters. The first-order valence-electron chi connectivity index (χ1n) is 3.57. The van der Waals surface area contributed by atoms with Crippen LogP contribution < -0.4 is 0 Å². The Balaban J connectivity index is 2.96. The molecule has 3 heteroatoms. The number of esters is 1. The summed E-state index contributed by atoms with van der Waals surface area (Å²) in [4.78, 5) is 10.5. The first kappa shape index (κ1) is 9.82. The minimum atomic E-state index is -0.223. The normalized spacial score (nSPS) is 9.40. The fraction of sp³-hybridized carbons (Fsp3) is 0.857. The zero-order valence-corrected chi connectivity index (χ0v) is 7.19. The molecule has 0 fully saturated rings. The summed E-state index contributed by atoms with van der Waals surface area (Å²) in [5.41, 5.74) is 0. The van der Waals surface area contributed by atoms with Crippen molar-refractivity contribution in [2.45, 2.75) is 26.2 Å². The van der Waals surface area contributed by atoms with Crippen LogP contribution in [0.3, 0.4) is 0 Å². The monoisotopic (exact) mass is 162 g/mol. The summed E-state index contributed by atoms with van der Waals surface area (Å²) >= 11 is 3.77. The maximum Gasteiger partial charge on any atom is 0.315 e. The van der Waals surface area contributed by atoms with Gasteiger partial charge in [-0.05, 0) is 6.42 Å². The van der Waals surface area contributed by atoms with E-state index in [-0.39, 0.29) is 11.7 Å². The van der Waals surface area contributed by atoms with Gasteiger partial charge in [-0.3, -0.25) is 4.79 Å². The highest BCUT2D eigenvalue weighted by molar-refractivity contribution is 7.81. The second-order valence-electron chi connectivity index (χ2n) is 2.09. The number of carbonyl (C=O) groups excluding carboxylic acids is 1. The van der Waals surface area contributed by atoms with E-state index in [9.17, 15) is 4.79 Å². The minimum absolute atomic E-state index is 0.187. The summed E-state index contributed by atoms with van der Waals surface area (Å²) in [5.74, 6) is -0.0361. The van der Waals surface area contributed by atoms with Crippen molar-refractivity contribution in [2.24, 2.45) is 0 Å². The number of hydrogen-bond acceptors (Lipinski definition) is 3. The lowest BCUT2D eigenvalue weighted by Crippen LogP contribution is -2.06. The molecule has 0 rings (SSSR count). The topological polar surface area (TPSA) is 26.3 Å². The zero-order chi connectivity index (χ0) is 7.82. The Labute approximate surface area is 67.4 Å². The molecule has 2 nitrogen and oxygen atoms in total. The molecular weight excluding hydrogens is 148 g/mol. The van der Waals surface area contributed by atoms with Crippen molar-refractivity contribution in [1.29, 1.82) is 0 Å². The highest BCUT2D eigenvalue weighted by Gasteiger charge is 1.96. The quantitative estimate of drug-likeness (QED) is 0.378. The van der Waals surface area contributed by atoms with Crippen LogP contribution in [0, 0.1) is 0 Å². The number of thiol groups is 1. The molecule has 0 saturated heterocycles. The largest absolute Gasteiger partial charge is 0.465 e. The molecule has 0 aliphatic carbocycles. The Morgan fingerprint density at radius 3 is 2.70 bits per heavy atom. The van der Waals surface area contributed by atoms with Gasteiger partial charge < -0.3 is 4.74 Å². The van der Waals surface area contributed by atoms with E-state index in [2.05, 4.69) is 19.6 Å². The van der Waals surface area contributed by atoms with Gasteiger partial charge in [0.05, 0.1) is 12.4 Å². The van der Waals surface area contributed by atoms with Crippen LogP contribution in [0.25, 0.3) is 0 Å². The van der Waals surface area contributed by atoms with Crippen molar-refractivity contribution in [3.63, 3.8) is 0 Å². The molecule has 0 N–H and O–H groups in total. The van der Waals surface area contributed by atoms with Gasteiger partial charge in [0.2, 0.25) is 0 Å². The van der Waals surface area contributed by atoms with E-state index in [1.807, 2.05) is 0 Å². The maximum atomic E-state index is 10.5. The highest BCUT2D eigenvalue weighted by Crippen LogP contribution is 1.94. The third-order valence-electron chi connectivity index (χ3n) is 1.14. The Kier molecular flexibility index (Phi) is 6.81. The lowest BCUT2D eigenvalue weighted by atomic mass is 10.3. The highest BCUT2D eigenvalue weighted by atomic mass is 32.1. The molecule has 0 atom stereocenters. The van der Waals surface area contributed by atoms with Crippen LogP contribution in [-0.2, 0) is 9.53 Å². The Morgan fingerprint density at radius 1 is 1.50 bits per heavy atom. The fourth-order valence-corrected chi connectivity index (χ4v) is 0.675. The summed E-state index contributed by atoms with van der Waals surface area (Å²) < 4.78 is 4.78. The number of rotatable bonds is 5. The summed E-state index contributed by atoms with van der Waals surface area (Å²) in [6.07, 6.45) is 3.24. The fourth-order valence-electron chi connectivity index (χ4n) is 0.584. The molecule has 0 aromatic carbocycles. The van der Waals surface area contributed by atoms with Crippen LogP contribution in [-0.4, -0.2) is 18.3 Å². The van der Waals surface area contributed by atoms with E-state index in [0.717, 1.165) is 19.3 Å². The van der Waals surface area contributed by atoms with Crippen LogP contribution in [0.15, 0.2) is 0 Å². The van der Waals surface area contributed by atoms with E-state index in [1.165, 1.54) is 0 Å². The van der Waals surface area contributed by atoms with Crippen molar-refractivity contribution in [3.05, 3.63) is 0 Å². The minimum Gasteiger partial charge on any atom is -0.465 e. The molecule has 0 saturated carbocycles. The van der Waals surface area contributed by atoms with Gasteiger partial charge in [0, 0.05) is 0 Å². The van der Waals surface area contributed by atoms with Crippen LogP contribution in [0.4, 0.5) is 0 Å². The molecule has 0 radical (unpaired) electrons. The third-order valence-corrected chi connectivity index (χ3v) is 1.40. The molecule has 0 aliphatic heterocycles. The van der Waals surface area contributed by atoms with Gasteiger partial charge in [-0.25, -0.2) is 0 Å². The van der Waals surface area contributed by atoms with Crippen molar-refractivity contribution in [3.8, 4) is 0 Å². The van der Waals surface area contributed by atoms with Gasteiger partial charge in [-0.1, -0.05) is 19.8 Å². The predicted molar refractivity (Wildman–Crippen MR) is 44.3 cm³/mol. The molecule has 10 heavy (non-hydrogen) atoms. The van der Waals surface area contributed by atoms with Crippen molar-refractivity contribution in [1.82, 2.24) is 0 Å². The van der Waals surface area contributed by atoms with Crippen LogP contribution in [0.1, 0.15) is 26.2 Å². The number of carbonyl (C=O) groups is 1. The Morgan fingerprint density at radius 2 is 2.20 bits per heavy atom. The lowest BCUT2D eigenvalue weighted by molar-refractivity contribution is -0.140. The lowest BCUT2D eigenvalue weighted by Gasteiger charge is -2.00. The third kappa shape index (κ3) is 5.95. The number of hydrogen-bond donors (Lipinski definition) is 1. The molecule has 60 valence electrons. The van der Waals surface area contributed by atoms with Gasteiger partial charge >= 0.3 is 5.97 Å². The summed E-state index contributed by atoms with van der Waals surface area (Å²) in [6.45, 7) is 2.66. The summed E-state index contributed by atoms with van der Waals surface area (Å²) in [6, 6.07) is 0. The molecule has 0 bridgehead atoms. The number of ether oxygens (including phenoxy) is 1. The van der Waals surface area contributed by atoms with Gasteiger partial charge in [-0.15, -0.1) is 0 Å². The molecular formula is C7H14O2S. The zero-order valence-electron chi connectivity index (χ0n) is 6.30. The summed E-state index contributed by atoms with van der Waals surface area (Å²) in [7, 11) is 0. The van der Waals surface area contributed by atoms with E-state index >= 15 is 0 Å². The molecule has 0 aliphatic rings. The average Bonchev–Trinajstić information content (AvgIpc) is 1.98. The predicted octanol–water partition coefficient (Wildman–Crippen LogP) is 1.65. The summed E-state index contributed by atoms with van der Waals surface area (Å²) in [5, 5.41) is 0. The van der Waals surface area contributed by atoms with E-state index in [4.69, 9.17) is 4.74 Å². The smallest absolute Gasteiger partial charge is 0.315 e.